The molecule has 0 aliphatic heterocycles. The zero-order chi connectivity index (χ0) is 29.4. The number of nitrogens with two attached hydrogens (primary N) is 1. The van der Waals surface area contributed by atoms with Gasteiger partial charge in [-0.2, -0.15) is 22.3 Å². The van der Waals surface area contributed by atoms with E-state index in [4.69, 9.17) is 31.5 Å². The van der Waals surface area contributed by atoms with Gasteiger partial charge in [-0.1, -0.05) is 39.1 Å². The van der Waals surface area contributed by atoms with Crippen molar-refractivity contribution < 1.29 is 82.6 Å². The van der Waals surface area contributed by atoms with Crippen molar-refractivity contribution in [3.63, 3.8) is 0 Å². The van der Waals surface area contributed by atoms with Crippen LogP contribution in [-0.4, -0.2) is 14.7 Å². The maximum absolute atomic E-state index is 12.9. The average Bonchev–Trinajstić information content (AvgIpc) is 2.96. The van der Waals surface area contributed by atoms with E-state index in [1.807, 2.05) is 30.5 Å². The second-order valence-electron chi connectivity index (χ2n) is 8.47. The Labute approximate surface area is 316 Å². The number of sulfonamides is 1. The summed E-state index contributed by atoms with van der Waals surface area (Å²) < 4.78 is 48.1. The Hall–Kier alpha value is -1.83. The van der Waals surface area contributed by atoms with Gasteiger partial charge >= 0.3 is 0 Å². The molecule has 226 valence electrons. The maximum atomic E-state index is 12.9. The van der Waals surface area contributed by atoms with E-state index in [9.17, 15) is 17.2 Å². The molecule has 0 fully saturated rings. The van der Waals surface area contributed by atoms with Crippen molar-refractivity contribution in [1.82, 2.24) is 0 Å². The monoisotopic (exact) mass is 779 g/mol. The Kier molecular flexibility index (Phi) is 20.5. The standard InChI is InChI=1S/C17H13FS.C16H12FNO2S.2CH4.2Y/c1-12(14-4-8-16(18)9-5-14)13(2)15-6-10-17(19-3)11-7-15;1-11(13-3-7-15(17)8-4-13)12(2)14-5-9-16(10-6-14)21(18,19)20;;;;/h1-2,4-11H,3H3;1-10H,(H2,18,19,20);2*1H4;;/q2*-2;;;;. The Morgan fingerprint density at radius 1 is 0.568 bits per heavy atom. The molecule has 0 aromatic heterocycles. The van der Waals surface area contributed by atoms with Gasteiger partial charge in [0.1, 0.15) is 11.6 Å². The first kappa shape index (κ1) is 44.3. The van der Waals surface area contributed by atoms with E-state index < -0.39 is 10.0 Å². The van der Waals surface area contributed by atoms with E-state index >= 15 is 0 Å². The Bertz CT molecular complexity index is 1650. The summed E-state index contributed by atoms with van der Waals surface area (Å²) in [6, 6.07) is 25.1. The summed E-state index contributed by atoms with van der Waals surface area (Å²) in [6.07, 6.45) is 2.01. The molecule has 0 unspecified atom stereocenters. The summed E-state index contributed by atoms with van der Waals surface area (Å²) in [5, 5.41) is 5.02. The first-order valence-corrected chi connectivity index (χ1v) is 14.5. The second-order valence-corrected chi connectivity index (χ2v) is 10.9. The molecule has 44 heavy (non-hydrogen) atoms. The van der Waals surface area contributed by atoms with Gasteiger partial charge < -0.3 is 0 Å². The van der Waals surface area contributed by atoms with Crippen molar-refractivity contribution in [2.24, 2.45) is 5.14 Å². The van der Waals surface area contributed by atoms with Crippen molar-refractivity contribution in [3.8, 4) is 0 Å². The summed E-state index contributed by atoms with van der Waals surface area (Å²) in [5.74, 6) is -0.665. The Morgan fingerprint density at radius 2 is 0.818 bits per heavy atom. The van der Waals surface area contributed by atoms with Crippen molar-refractivity contribution in [2.45, 2.75) is 24.6 Å². The molecule has 3 nitrogen and oxygen atoms in total. The molecule has 4 aromatic carbocycles. The second kappa shape index (κ2) is 20.3. The van der Waals surface area contributed by atoms with Crippen LogP contribution < -0.4 is 5.14 Å². The van der Waals surface area contributed by atoms with Gasteiger partial charge in [-0.05, 0) is 30.5 Å². The largest absolute Gasteiger partial charge is 0.298 e. The fourth-order valence-electron chi connectivity index (χ4n) is 3.48. The molecule has 0 bridgehead atoms. The summed E-state index contributed by atoms with van der Waals surface area (Å²) in [6.45, 7) is 24.0. The van der Waals surface area contributed by atoms with Gasteiger partial charge in [-0.15, -0.1) is 60.3 Å². The molecule has 4 aromatic rings. The van der Waals surface area contributed by atoms with Gasteiger partial charge in [0.05, 0.1) is 4.90 Å². The summed E-state index contributed by atoms with van der Waals surface area (Å²) in [7, 11) is -3.75. The molecule has 0 aliphatic rings. The minimum absolute atomic E-state index is 0. The minimum Gasteiger partial charge on any atom is -0.298 e. The quantitative estimate of drug-likeness (QED) is 0.110. The molecule has 0 spiro atoms. The third kappa shape index (κ3) is 12.5. The van der Waals surface area contributed by atoms with Crippen LogP contribution >= 0.6 is 11.8 Å². The predicted molar refractivity (Wildman–Crippen MR) is 173 cm³/mol. The SMILES string of the molecule is C.C.[CH-]=C(C(=[CH-])c1ccc(S(N)(=O)=O)cc1)c1ccc(F)cc1.[CH-]=C(C(=[CH-])c1ccc(SC)cc1)c1ccc(F)cc1.[Y].[Y]. The molecule has 0 heterocycles. The maximum Gasteiger partial charge on any atom is 0.237 e. The Balaban J connectivity index is 0. The fourth-order valence-corrected chi connectivity index (χ4v) is 4.40. The molecule has 0 aliphatic carbocycles. The van der Waals surface area contributed by atoms with Crippen LogP contribution in [0.15, 0.2) is 107 Å². The van der Waals surface area contributed by atoms with E-state index in [1.165, 1.54) is 60.7 Å². The number of allylic oxidation sites excluding steroid dienone is 4. The molecule has 0 amide bonds. The molecule has 0 saturated carbocycles. The number of hydrogen-bond donors (Lipinski definition) is 1. The van der Waals surface area contributed by atoms with E-state index in [0.29, 0.717) is 27.8 Å². The number of thioether (sulfide) groups is 1. The summed E-state index contributed by atoms with van der Waals surface area (Å²) >= 11 is 1.67. The van der Waals surface area contributed by atoms with Crippen LogP contribution in [0.4, 0.5) is 8.78 Å². The molecule has 0 saturated heterocycles. The summed E-state index contributed by atoms with van der Waals surface area (Å²) in [4.78, 5) is 1.15. The van der Waals surface area contributed by atoms with Crippen LogP contribution in [0.3, 0.4) is 0 Å². The van der Waals surface area contributed by atoms with Crippen LogP contribution in [-0.2, 0) is 75.4 Å². The normalized spacial score (nSPS) is 9.73. The molecule has 0 atom stereocenters. The van der Waals surface area contributed by atoms with E-state index in [0.717, 1.165) is 10.5 Å². The number of benzene rings is 4. The number of hydrogen-bond acceptors (Lipinski definition) is 3. The van der Waals surface area contributed by atoms with Gasteiger partial charge in [0.15, 0.2) is 0 Å². The van der Waals surface area contributed by atoms with E-state index in [-0.39, 0.29) is 108 Å². The number of primary sulfonamides is 1. The minimum atomic E-state index is -3.75. The smallest absolute Gasteiger partial charge is 0.237 e. The van der Waals surface area contributed by atoms with Crippen molar-refractivity contribution in [2.75, 3.05) is 6.26 Å². The zero-order valence-electron chi connectivity index (χ0n) is 22.7. The first-order valence-electron chi connectivity index (χ1n) is 11.7. The van der Waals surface area contributed by atoms with Crippen LogP contribution in [0.25, 0.3) is 22.3 Å². The molecule has 9 heteroatoms. The average molecular weight is 780 g/mol. The van der Waals surface area contributed by atoms with Crippen LogP contribution in [0.2, 0.25) is 0 Å². The third-order valence-corrected chi connectivity index (χ3v) is 7.46. The molecule has 2 radical (unpaired) electrons. The topological polar surface area (TPSA) is 60.2 Å². The van der Waals surface area contributed by atoms with Crippen molar-refractivity contribution in [1.29, 1.82) is 0 Å². The van der Waals surface area contributed by atoms with Crippen molar-refractivity contribution >= 4 is 44.1 Å². The molecular formula is C35H33F2NO2S2Y2-4. The first-order chi connectivity index (χ1) is 18.9. The zero-order valence-corrected chi connectivity index (χ0v) is 30.0. The van der Waals surface area contributed by atoms with E-state index in [2.05, 4.69) is 0 Å². The third-order valence-electron chi connectivity index (χ3n) is 5.79. The fraction of sp³-hybridized carbons (Fsp3) is 0.0857. The number of rotatable bonds is 8. The van der Waals surface area contributed by atoms with E-state index in [1.54, 1.807) is 23.9 Å². The summed E-state index contributed by atoms with van der Waals surface area (Å²) in [5.41, 5.74) is 4.19. The van der Waals surface area contributed by atoms with Crippen molar-refractivity contribution in [3.05, 3.63) is 157 Å². The van der Waals surface area contributed by atoms with Crippen LogP contribution in [0.1, 0.15) is 37.1 Å². The van der Waals surface area contributed by atoms with Gasteiger partial charge in [-0.25, -0.2) is 22.3 Å². The van der Waals surface area contributed by atoms with Crippen LogP contribution in [0.5, 0.6) is 0 Å². The Morgan fingerprint density at radius 3 is 1.07 bits per heavy atom. The molecular weight excluding hydrogens is 746 g/mol. The molecule has 2 N–H and O–H groups in total. The number of halogens is 2. The van der Waals surface area contributed by atoms with Gasteiger partial charge in [0.25, 0.3) is 0 Å². The predicted octanol–water partition coefficient (Wildman–Crippen LogP) is 8.95. The van der Waals surface area contributed by atoms with Gasteiger partial charge in [0, 0.05) is 70.3 Å². The van der Waals surface area contributed by atoms with Crippen LogP contribution in [0, 0.1) is 38.0 Å². The van der Waals surface area contributed by atoms with Gasteiger partial charge in [-0.3, -0.25) is 48.6 Å². The van der Waals surface area contributed by atoms with Gasteiger partial charge in [0.2, 0.25) is 10.0 Å². The molecule has 4 rings (SSSR count).